The molecule has 0 atom stereocenters. The highest BCUT2D eigenvalue weighted by molar-refractivity contribution is 6.16. The lowest BCUT2D eigenvalue weighted by molar-refractivity contribution is 0.0596. The highest BCUT2D eigenvalue weighted by Gasteiger charge is 2.16. The van der Waals surface area contributed by atoms with Crippen LogP contribution in [0, 0.1) is 5.82 Å². The molecule has 1 N–H and O–H groups in total. The summed E-state index contributed by atoms with van der Waals surface area (Å²) in [6.45, 7) is 0. The number of aliphatic imine (C=N–C) groups is 1. The third kappa shape index (κ3) is 3.37. The quantitative estimate of drug-likeness (QED) is 0.492. The van der Waals surface area contributed by atoms with Crippen molar-refractivity contribution in [2.24, 2.45) is 10.1 Å². The Morgan fingerprint density at radius 1 is 1.47 bits per heavy atom. The molecule has 0 saturated heterocycles. The van der Waals surface area contributed by atoms with Crippen LogP contribution in [-0.2, 0) is 4.74 Å². The number of esters is 1. The first-order valence-electron chi connectivity index (χ1n) is 4.77. The van der Waals surface area contributed by atoms with E-state index in [1.54, 1.807) is 7.05 Å². The predicted octanol–water partition coefficient (Wildman–Crippen LogP) is 1.71. The largest absolute Gasteiger partial charge is 0.465 e. The SMILES string of the molecule is CN=C/C=N/Nc1cccc(F)c1C(=O)OC. The lowest BCUT2D eigenvalue weighted by Crippen LogP contribution is -2.08. The van der Waals surface area contributed by atoms with Gasteiger partial charge in [0.1, 0.15) is 11.4 Å². The molecule has 90 valence electrons. The Balaban J connectivity index is 2.98. The average Bonchev–Trinajstić information content (AvgIpc) is 2.34. The van der Waals surface area contributed by atoms with Crippen LogP contribution in [0.5, 0.6) is 0 Å². The topological polar surface area (TPSA) is 63.0 Å². The molecule has 17 heavy (non-hydrogen) atoms. The van der Waals surface area contributed by atoms with Crippen molar-refractivity contribution in [2.75, 3.05) is 19.6 Å². The molecule has 1 rings (SSSR count). The number of halogens is 1. The van der Waals surface area contributed by atoms with E-state index in [1.165, 1.54) is 37.7 Å². The molecule has 0 aliphatic carbocycles. The van der Waals surface area contributed by atoms with Crippen molar-refractivity contribution >= 4 is 24.1 Å². The van der Waals surface area contributed by atoms with Crippen molar-refractivity contribution in [1.29, 1.82) is 0 Å². The van der Waals surface area contributed by atoms with Gasteiger partial charge in [-0.25, -0.2) is 9.18 Å². The molecule has 1 aromatic rings. The maximum absolute atomic E-state index is 13.4. The molecule has 0 fully saturated rings. The van der Waals surface area contributed by atoms with Crippen LogP contribution in [0.25, 0.3) is 0 Å². The van der Waals surface area contributed by atoms with E-state index in [0.29, 0.717) is 0 Å². The molecular formula is C11H12FN3O2. The predicted molar refractivity (Wildman–Crippen MR) is 64.3 cm³/mol. The first-order valence-corrected chi connectivity index (χ1v) is 4.77. The fraction of sp³-hybridized carbons (Fsp3) is 0.182. The number of anilines is 1. The standard InChI is InChI=1S/C11H12FN3O2/c1-13-6-7-14-15-9-5-3-4-8(12)10(9)11(16)17-2/h3-7,15H,1-2H3/b13-6?,14-7+. The van der Waals surface area contributed by atoms with Crippen LogP contribution in [0.2, 0.25) is 0 Å². The molecule has 0 bridgehead atoms. The number of nitrogens with one attached hydrogen (secondary N) is 1. The summed E-state index contributed by atoms with van der Waals surface area (Å²) in [5.41, 5.74) is 2.60. The Labute approximate surface area is 98.0 Å². The van der Waals surface area contributed by atoms with Gasteiger partial charge in [0.25, 0.3) is 0 Å². The van der Waals surface area contributed by atoms with Crippen molar-refractivity contribution in [3.8, 4) is 0 Å². The van der Waals surface area contributed by atoms with Gasteiger partial charge in [0.2, 0.25) is 0 Å². The first kappa shape index (κ1) is 12.8. The molecule has 1 aromatic carbocycles. The number of benzene rings is 1. The minimum absolute atomic E-state index is 0.180. The summed E-state index contributed by atoms with van der Waals surface area (Å²) in [7, 11) is 2.78. The van der Waals surface area contributed by atoms with Gasteiger partial charge in [-0.3, -0.25) is 10.4 Å². The number of carbonyl (C=O) groups excluding carboxylic acids is 1. The van der Waals surface area contributed by atoms with Crippen molar-refractivity contribution in [3.05, 3.63) is 29.6 Å². The number of ether oxygens (including phenoxy) is 1. The van der Waals surface area contributed by atoms with E-state index in [0.717, 1.165) is 0 Å². The zero-order valence-electron chi connectivity index (χ0n) is 9.48. The number of hydrogen-bond donors (Lipinski definition) is 1. The summed E-state index contributed by atoms with van der Waals surface area (Å²) in [4.78, 5) is 15.0. The van der Waals surface area contributed by atoms with Crippen LogP contribution < -0.4 is 5.43 Å². The first-order chi connectivity index (χ1) is 8.20. The van der Waals surface area contributed by atoms with E-state index in [9.17, 15) is 9.18 Å². The number of rotatable bonds is 4. The Morgan fingerprint density at radius 3 is 2.88 bits per heavy atom. The van der Waals surface area contributed by atoms with Crippen molar-refractivity contribution in [2.45, 2.75) is 0 Å². The third-order valence-electron chi connectivity index (χ3n) is 1.88. The summed E-state index contributed by atoms with van der Waals surface area (Å²) < 4.78 is 17.9. The maximum Gasteiger partial charge on any atom is 0.343 e. The van der Waals surface area contributed by atoms with Gasteiger partial charge >= 0.3 is 5.97 Å². The van der Waals surface area contributed by atoms with E-state index in [1.807, 2.05) is 0 Å². The Bertz CT molecular complexity index is 458. The van der Waals surface area contributed by atoms with Crippen molar-refractivity contribution < 1.29 is 13.9 Å². The number of nitrogens with zero attached hydrogens (tertiary/aromatic N) is 2. The molecular weight excluding hydrogens is 225 g/mol. The summed E-state index contributed by atoms with van der Waals surface area (Å²) in [5.74, 6) is -1.42. The molecule has 0 aliphatic rings. The lowest BCUT2D eigenvalue weighted by atomic mass is 10.1. The zero-order valence-corrected chi connectivity index (χ0v) is 9.48. The normalized spacial score (nSPS) is 11.0. The zero-order chi connectivity index (χ0) is 12.7. The molecule has 0 unspecified atom stereocenters. The second-order valence-corrected chi connectivity index (χ2v) is 2.95. The van der Waals surface area contributed by atoms with Gasteiger partial charge in [-0.1, -0.05) is 6.07 Å². The second-order valence-electron chi connectivity index (χ2n) is 2.95. The Morgan fingerprint density at radius 2 is 2.24 bits per heavy atom. The highest BCUT2D eigenvalue weighted by Crippen LogP contribution is 2.19. The Hall–Kier alpha value is -2.24. The summed E-state index contributed by atoms with van der Waals surface area (Å²) in [6.07, 6.45) is 2.83. The van der Waals surface area contributed by atoms with Crippen LogP contribution in [0.15, 0.2) is 28.3 Å². The molecule has 6 heteroatoms. The third-order valence-corrected chi connectivity index (χ3v) is 1.88. The number of hydrazone groups is 1. The minimum Gasteiger partial charge on any atom is -0.465 e. The van der Waals surface area contributed by atoms with Crippen LogP contribution in [0.3, 0.4) is 0 Å². The van der Waals surface area contributed by atoms with Gasteiger partial charge in [0.15, 0.2) is 0 Å². The van der Waals surface area contributed by atoms with Gasteiger partial charge in [-0.05, 0) is 12.1 Å². The van der Waals surface area contributed by atoms with Gasteiger partial charge in [-0.2, -0.15) is 5.10 Å². The van der Waals surface area contributed by atoms with E-state index < -0.39 is 11.8 Å². The van der Waals surface area contributed by atoms with Gasteiger partial charge < -0.3 is 4.74 Å². The second kappa shape index (κ2) is 6.37. The molecule has 0 amide bonds. The molecule has 0 spiro atoms. The van der Waals surface area contributed by atoms with Crippen molar-refractivity contribution in [3.63, 3.8) is 0 Å². The molecule has 0 aromatic heterocycles. The van der Waals surface area contributed by atoms with Crippen LogP contribution in [0.4, 0.5) is 10.1 Å². The number of methoxy groups -OCH3 is 1. The fourth-order valence-corrected chi connectivity index (χ4v) is 1.13. The molecule has 0 saturated carbocycles. The fourth-order valence-electron chi connectivity index (χ4n) is 1.13. The molecule has 0 heterocycles. The van der Waals surface area contributed by atoms with E-state index in [-0.39, 0.29) is 11.3 Å². The average molecular weight is 237 g/mol. The van der Waals surface area contributed by atoms with E-state index in [2.05, 4.69) is 20.3 Å². The maximum atomic E-state index is 13.4. The van der Waals surface area contributed by atoms with Crippen molar-refractivity contribution in [1.82, 2.24) is 0 Å². The molecule has 5 nitrogen and oxygen atoms in total. The minimum atomic E-state index is -0.759. The molecule has 0 aliphatic heterocycles. The van der Waals surface area contributed by atoms with Crippen LogP contribution in [0.1, 0.15) is 10.4 Å². The van der Waals surface area contributed by atoms with Crippen LogP contribution >= 0.6 is 0 Å². The monoisotopic (exact) mass is 237 g/mol. The van der Waals surface area contributed by atoms with Crippen LogP contribution in [-0.4, -0.2) is 32.6 Å². The molecule has 0 radical (unpaired) electrons. The smallest absolute Gasteiger partial charge is 0.343 e. The number of hydrogen-bond acceptors (Lipinski definition) is 5. The Kier molecular flexibility index (Phi) is 4.80. The summed E-state index contributed by atoms with van der Waals surface area (Å²) in [5, 5.41) is 3.75. The summed E-state index contributed by atoms with van der Waals surface area (Å²) >= 11 is 0. The van der Waals surface area contributed by atoms with Gasteiger partial charge in [-0.15, -0.1) is 0 Å². The van der Waals surface area contributed by atoms with E-state index in [4.69, 9.17) is 0 Å². The van der Waals surface area contributed by atoms with E-state index >= 15 is 0 Å². The highest BCUT2D eigenvalue weighted by atomic mass is 19.1. The van der Waals surface area contributed by atoms with Gasteiger partial charge in [0.05, 0.1) is 19.0 Å². The van der Waals surface area contributed by atoms with Gasteiger partial charge in [0, 0.05) is 13.3 Å². The number of carbonyl (C=O) groups is 1. The lowest BCUT2D eigenvalue weighted by Gasteiger charge is -2.07. The summed E-state index contributed by atoms with van der Waals surface area (Å²) in [6, 6.07) is 4.16.